The van der Waals surface area contributed by atoms with E-state index in [4.69, 9.17) is 24.7 Å². The van der Waals surface area contributed by atoms with E-state index in [0.717, 1.165) is 4.68 Å². The molecule has 26 heavy (non-hydrogen) atoms. The summed E-state index contributed by atoms with van der Waals surface area (Å²) in [5.74, 6) is 1.07. The number of nitrogens with two attached hydrogens (primary N) is 1. The lowest BCUT2D eigenvalue weighted by molar-refractivity contribution is 0.0946. The van der Waals surface area contributed by atoms with Crippen molar-refractivity contribution in [2.45, 2.75) is 0 Å². The number of carbonyl (C=O) groups is 1. The fourth-order valence-corrected chi connectivity index (χ4v) is 2.69. The van der Waals surface area contributed by atoms with Crippen LogP contribution in [0.5, 0.6) is 17.2 Å². The van der Waals surface area contributed by atoms with Crippen LogP contribution in [0, 0.1) is 0 Å². The summed E-state index contributed by atoms with van der Waals surface area (Å²) < 4.78 is 22.2. The first kappa shape index (κ1) is 17.8. The third-order valence-corrected chi connectivity index (χ3v) is 4.02. The zero-order chi connectivity index (χ0) is 18.7. The molecule has 1 aliphatic rings. The lowest BCUT2D eigenvalue weighted by atomic mass is 10.1. The van der Waals surface area contributed by atoms with Gasteiger partial charge in [-0.15, -0.1) is 5.10 Å². The van der Waals surface area contributed by atoms with Crippen molar-refractivity contribution in [1.29, 1.82) is 0 Å². The van der Waals surface area contributed by atoms with Gasteiger partial charge in [0.05, 0.1) is 34.5 Å². The van der Waals surface area contributed by atoms with Crippen LogP contribution >= 0.6 is 0 Å². The number of hydrogen-bond acceptors (Lipinski definition) is 9. The fourth-order valence-electron chi connectivity index (χ4n) is 2.69. The number of nitrogen functional groups attached to an aromatic ring is 1. The predicted octanol–water partition coefficient (Wildman–Crippen LogP) is 0.411. The zero-order valence-corrected chi connectivity index (χ0v) is 14.9. The molecule has 0 unspecified atom stereocenters. The molecule has 1 saturated heterocycles. The minimum absolute atomic E-state index is 0.00486. The summed E-state index contributed by atoms with van der Waals surface area (Å²) in [7, 11) is 4.45. The summed E-state index contributed by atoms with van der Waals surface area (Å²) >= 11 is 0. The first-order chi connectivity index (χ1) is 12.6. The Hall–Kier alpha value is -3.01. The number of hydrogen-bond donors (Lipinski definition) is 1. The van der Waals surface area contributed by atoms with Crippen molar-refractivity contribution < 1.29 is 23.7 Å². The molecule has 140 valence electrons. The van der Waals surface area contributed by atoms with E-state index < -0.39 is 5.91 Å². The third kappa shape index (κ3) is 3.23. The molecule has 0 amide bonds. The van der Waals surface area contributed by atoms with Crippen molar-refractivity contribution in [3.8, 4) is 17.2 Å². The Morgan fingerprint density at radius 3 is 2.27 bits per heavy atom. The topological polar surface area (TPSA) is 114 Å². The molecule has 0 radical (unpaired) electrons. The molecule has 0 bridgehead atoms. The molecule has 1 aromatic heterocycles. The molecule has 10 heteroatoms. The van der Waals surface area contributed by atoms with Crippen molar-refractivity contribution in [3.63, 3.8) is 0 Å². The van der Waals surface area contributed by atoms with Gasteiger partial charge in [0.2, 0.25) is 17.6 Å². The number of aromatic nitrogens is 3. The minimum Gasteiger partial charge on any atom is -0.493 e. The molecule has 0 spiro atoms. The highest BCUT2D eigenvalue weighted by molar-refractivity contribution is 5.98. The minimum atomic E-state index is -0.450. The lowest BCUT2D eigenvalue weighted by Crippen LogP contribution is -2.37. The van der Waals surface area contributed by atoms with Crippen LogP contribution < -0.4 is 24.8 Å². The van der Waals surface area contributed by atoms with Gasteiger partial charge in [-0.1, -0.05) is 0 Å². The highest BCUT2D eigenvalue weighted by atomic mass is 16.5. The highest BCUT2D eigenvalue weighted by Gasteiger charge is 2.23. The van der Waals surface area contributed by atoms with Crippen molar-refractivity contribution in [3.05, 3.63) is 17.7 Å². The van der Waals surface area contributed by atoms with Gasteiger partial charge in [0.15, 0.2) is 11.5 Å². The summed E-state index contributed by atoms with van der Waals surface area (Å²) in [4.78, 5) is 19.0. The number of nitrogens with zero attached hydrogens (tertiary/aromatic N) is 4. The number of ether oxygens (including phenoxy) is 4. The molecule has 0 saturated carbocycles. The Bertz CT molecular complexity index is 775. The van der Waals surface area contributed by atoms with Gasteiger partial charge >= 0.3 is 0 Å². The third-order valence-electron chi connectivity index (χ3n) is 4.02. The van der Waals surface area contributed by atoms with Crippen molar-refractivity contribution in [2.24, 2.45) is 0 Å². The van der Waals surface area contributed by atoms with Crippen LogP contribution in [0.2, 0.25) is 0 Å². The number of anilines is 2. The van der Waals surface area contributed by atoms with Crippen molar-refractivity contribution >= 4 is 17.8 Å². The lowest BCUT2D eigenvalue weighted by Gasteiger charge is -2.25. The number of rotatable bonds is 5. The summed E-state index contributed by atoms with van der Waals surface area (Å²) in [6.45, 7) is 2.44. The van der Waals surface area contributed by atoms with Crippen LogP contribution in [0.4, 0.5) is 11.9 Å². The SMILES string of the molecule is COc1cc(C(=O)n2nc(N3CCOCC3)nc2N)cc(OC)c1OC. The second-order valence-electron chi connectivity index (χ2n) is 5.50. The largest absolute Gasteiger partial charge is 0.493 e. The van der Waals surface area contributed by atoms with E-state index in [1.807, 2.05) is 4.90 Å². The molecule has 2 aromatic rings. The number of morpholine rings is 1. The summed E-state index contributed by atoms with van der Waals surface area (Å²) in [5, 5.41) is 4.25. The van der Waals surface area contributed by atoms with E-state index in [9.17, 15) is 4.79 Å². The van der Waals surface area contributed by atoms with Crippen LogP contribution in [0.1, 0.15) is 10.4 Å². The van der Waals surface area contributed by atoms with Crippen LogP contribution in [-0.2, 0) is 4.74 Å². The molecule has 2 N–H and O–H groups in total. The quantitative estimate of drug-likeness (QED) is 0.806. The Kier molecular flexibility index (Phi) is 5.12. The monoisotopic (exact) mass is 363 g/mol. The molecular weight excluding hydrogens is 342 g/mol. The number of methoxy groups -OCH3 is 3. The summed E-state index contributed by atoms with van der Waals surface area (Å²) in [5.41, 5.74) is 6.19. The normalized spacial score (nSPS) is 14.2. The number of carbonyl (C=O) groups excluding carboxylic acids is 1. The average Bonchev–Trinajstić information content (AvgIpc) is 3.08. The maximum Gasteiger partial charge on any atom is 0.281 e. The molecule has 1 aliphatic heterocycles. The first-order valence-electron chi connectivity index (χ1n) is 7.99. The van der Waals surface area contributed by atoms with E-state index in [-0.39, 0.29) is 11.5 Å². The zero-order valence-electron chi connectivity index (χ0n) is 14.9. The second kappa shape index (κ2) is 7.48. The van der Waals surface area contributed by atoms with Crippen LogP contribution in [-0.4, -0.2) is 68.3 Å². The molecule has 3 rings (SSSR count). The molecule has 1 aromatic carbocycles. The van der Waals surface area contributed by atoms with Gasteiger partial charge in [0, 0.05) is 18.7 Å². The fraction of sp³-hybridized carbons (Fsp3) is 0.438. The van der Waals surface area contributed by atoms with Gasteiger partial charge in [0.25, 0.3) is 5.91 Å². The molecular formula is C16H21N5O5. The smallest absolute Gasteiger partial charge is 0.281 e. The summed E-state index contributed by atoms with van der Waals surface area (Å²) in [6.07, 6.45) is 0. The molecule has 0 atom stereocenters. The Morgan fingerprint density at radius 1 is 1.12 bits per heavy atom. The Balaban J connectivity index is 1.95. The first-order valence-corrected chi connectivity index (χ1v) is 7.99. The van der Waals surface area contributed by atoms with Crippen LogP contribution in [0.3, 0.4) is 0 Å². The van der Waals surface area contributed by atoms with Gasteiger partial charge in [0.1, 0.15) is 0 Å². The highest BCUT2D eigenvalue weighted by Crippen LogP contribution is 2.38. The standard InChI is InChI=1S/C16H21N5O5/c1-23-11-8-10(9-12(24-2)13(11)25-3)14(22)21-15(17)18-16(19-21)20-4-6-26-7-5-20/h8-9H,4-7H2,1-3H3,(H2,17,18,19). The van der Waals surface area contributed by atoms with Crippen molar-refractivity contribution in [2.75, 3.05) is 58.3 Å². The van der Waals surface area contributed by atoms with Gasteiger partial charge in [-0.05, 0) is 12.1 Å². The molecule has 0 aliphatic carbocycles. The molecule has 1 fully saturated rings. The maximum atomic E-state index is 12.9. The summed E-state index contributed by atoms with van der Waals surface area (Å²) in [6, 6.07) is 3.08. The molecule has 2 heterocycles. The van der Waals surface area contributed by atoms with Crippen LogP contribution in [0.15, 0.2) is 12.1 Å². The van der Waals surface area contributed by atoms with E-state index >= 15 is 0 Å². The van der Waals surface area contributed by atoms with Gasteiger partial charge in [-0.2, -0.15) is 9.67 Å². The maximum absolute atomic E-state index is 12.9. The van der Waals surface area contributed by atoms with Crippen molar-refractivity contribution in [1.82, 2.24) is 14.8 Å². The van der Waals surface area contributed by atoms with E-state index in [1.165, 1.54) is 21.3 Å². The van der Waals surface area contributed by atoms with Gasteiger partial charge in [-0.25, -0.2) is 0 Å². The molecule has 10 nitrogen and oxygen atoms in total. The van der Waals surface area contributed by atoms with Gasteiger partial charge < -0.3 is 29.6 Å². The Morgan fingerprint density at radius 2 is 1.73 bits per heavy atom. The van der Waals surface area contributed by atoms with Crippen LogP contribution in [0.25, 0.3) is 0 Å². The van der Waals surface area contributed by atoms with E-state index in [2.05, 4.69) is 10.1 Å². The van der Waals surface area contributed by atoms with E-state index in [0.29, 0.717) is 49.5 Å². The van der Waals surface area contributed by atoms with Gasteiger partial charge in [-0.3, -0.25) is 4.79 Å². The van der Waals surface area contributed by atoms with E-state index in [1.54, 1.807) is 12.1 Å². The number of benzene rings is 1. The average molecular weight is 363 g/mol. The Labute approximate surface area is 150 Å². The second-order valence-corrected chi connectivity index (χ2v) is 5.50. The predicted molar refractivity (Wildman–Crippen MR) is 93.3 cm³/mol.